The quantitative estimate of drug-likeness (QED) is 0.652. The van der Waals surface area contributed by atoms with Gasteiger partial charge in [0, 0.05) is 13.5 Å². The molecule has 0 saturated carbocycles. The van der Waals surface area contributed by atoms with Crippen molar-refractivity contribution >= 4 is 28.7 Å². The average Bonchev–Trinajstić information content (AvgIpc) is 2.90. The smallest absolute Gasteiger partial charge is 0.322 e. The molecular formula is C16H17N5O4. The van der Waals surface area contributed by atoms with Crippen molar-refractivity contribution in [1.29, 1.82) is 0 Å². The Hall–Kier alpha value is -3.23. The number of para-hydroxylation sites is 1. The number of imide groups is 1. The van der Waals surface area contributed by atoms with Crippen LogP contribution in [0.1, 0.15) is 18.7 Å². The second-order valence-electron chi connectivity index (χ2n) is 5.83. The number of fused-ring (bicyclic) bond motifs is 1. The number of nitrogens with one attached hydrogen (secondary N) is 3. The molecule has 1 atom stereocenters. The number of aromatic amines is 1. The molecule has 130 valence electrons. The summed E-state index contributed by atoms with van der Waals surface area (Å²) < 4.78 is 0. The molecule has 0 aliphatic carbocycles. The SMILES string of the molecule is CN(Cc1nc2ccccc2c(=O)[nH]1)C(=O)CCC1NC(=O)NC1=O. The van der Waals surface area contributed by atoms with Crippen molar-refractivity contribution in [3.8, 4) is 0 Å². The molecule has 9 nitrogen and oxygen atoms in total. The van der Waals surface area contributed by atoms with Gasteiger partial charge >= 0.3 is 6.03 Å². The predicted octanol–water partition coefficient (Wildman–Crippen LogP) is -0.130. The molecule has 1 unspecified atom stereocenters. The maximum Gasteiger partial charge on any atom is 0.322 e. The number of urea groups is 1. The number of hydrogen-bond acceptors (Lipinski definition) is 5. The first-order chi connectivity index (χ1) is 11.9. The monoisotopic (exact) mass is 343 g/mol. The van der Waals surface area contributed by atoms with E-state index in [1.54, 1.807) is 31.3 Å². The minimum Gasteiger partial charge on any atom is -0.338 e. The Labute approximate surface area is 142 Å². The first-order valence-electron chi connectivity index (χ1n) is 7.77. The number of hydrogen-bond donors (Lipinski definition) is 3. The van der Waals surface area contributed by atoms with E-state index in [0.29, 0.717) is 16.7 Å². The topological polar surface area (TPSA) is 124 Å². The molecule has 3 N–H and O–H groups in total. The summed E-state index contributed by atoms with van der Waals surface area (Å²) in [7, 11) is 1.59. The fourth-order valence-corrected chi connectivity index (χ4v) is 2.64. The van der Waals surface area contributed by atoms with Gasteiger partial charge in [-0.2, -0.15) is 0 Å². The Kier molecular flexibility index (Phi) is 4.46. The van der Waals surface area contributed by atoms with Crippen molar-refractivity contribution in [1.82, 2.24) is 25.5 Å². The molecule has 0 bridgehead atoms. The third-order valence-corrected chi connectivity index (χ3v) is 3.98. The number of aromatic nitrogens is 2. The summed E-state index contributed by atoms with van der Waals surface area (Å²) in [5.41, 5.74) is 0.305. The Bertz CT molecular complexity index is 907. The van der Waals surface area contributed by atoms with Crippen molar-refractivity contribution in [2.75, 3.05) is 7.05 Å². The Morgan fingerprint density at radius 2 is 2.00 bits per heavy atom. The Morgan fingerprint density at radius 1 is 1.24 bits per heavy atom. The van der Waals surface area contributed by atoms with Crippen molar-refractivity contribution in [2.24, 2.45) is 0 Å². The van der Waals surface area contributed by atoms with Gasteiger partial charge in [0.15, 0.2) is 0 Å². The minimum atomic E-state index is -0.691. The van der Waals surface area contributed by atoms with Crippen LogP contribution in [0.3, 0.4) is 0 Å². The third-order valence-electron chi connectivity index (χ3n) is 3.98. The third kappa shape index (κ3) is 3.65. The maximum absolute atomic E-state index is 12.2. The second-order valence-corrected chi connectivity index (χ2v) is 5.83. The second kappa shape index (κ2) is 6.71. The zero-order valence-corrected chi connectivity index (χ0v) is 13.5. The molecule has 1 saturated heterocycles. The van der Waals surface area contributed by atoms with Gasteiger partial charge in [0.05, 0.1) is 17.4 Å². The van der Waals surface area contributed by atoms with E-state index in [-0.39, 0.29) is 30.9 Å². The van der Waals surface area contributed by atoms with E-state index < -0.39 is 18.0 Å². The summed E-state index contributed by atoms with van der Waals surface area (Å²) in [6.45, 7) is 0.141. The highest BCUT2D eigenvalue weighted by atomic mass is 16.2. The van der Waals surface area contributed by atoms with Crippen LogP contribution in [0.2, 0.25) is 0 Å². The molecule has 1 aliphatic heterocycles. The Balaban J connectivity index is 1.62. The summed E-state index contributed by atoms with van der Waals surface area (Å²) in [4.78, 5) is 55.2. The van der Waals surface area contributed by atoms with Gasteiger partial charge in [0.25, 0.3) is 11.5 Å². The average molecular weight is 343 g/mol. The minimum absolute atomic E-state index is 0.0900. The van der Waals surface area contributed by atoms with Crippen LogP contribution in [0.4, 0.5) is 4.79 Å². The highest BCUT2D eigenvalue weighted by Gasteiger charge is 2.29. The number of amides is 4. The number of nitrogens with zero attached hydrogens (tertiary/aromatic N) is 2. The molecule has 2 heterocycles. The molecule has 1 aliphatic rings. The van der Waals surface area contributed by atoms with Crippen LogP contribution in [-0.2, 0) is 16.1 Å². The molecule has 0 radical (unpaired) electrons. The zero-order chi connectivity index (χ0) is 18.0. The van der Waals surface area contributed by atoms with Crippen molar-refractivity contribution < 1.29 is 14.4 Å². The van der Waals surface area contributed by atoms with E-state index in [2.05, 4.69) is 20.6 Å². The fourth-order valence-electron chi connectivity index (χ4n) is 2.64. The van der Waals surface area contributed by atoms with Gasteiger partial charge in [0.2, 0.25) is 5.91 Å². The van der Waals surface area contributed by atoms with Crippen LogP contribution in [0.15, 0.2) is 29.1 Å². The molecule has 4 amide bonds. The van der Waals surface area contributed by atoms with Crippen molar-refractivity contribution in [2.45, 2.75) is 25.4 Å². The summed E-state index contributed by atoms with van der Waals surface area (Å²) in [5.74, 6) is -0.266. The van der Waals surface area contributed by atoms with Crippen LogP contribution in [0.5, 0.6) is 0 Å². The molecule has 1 aromatic heterocycles. The van der Waals surface area contributed by atoms with E-state index in [1.165, 1.54) is 4.90 Å². The molecule has 0 spiro atoms. The summed E-state index contributed by atoms with van der Waals surface area (Å²) in [5, 5.41) is 5.05. The van der Waals surface area contributed by atoms with Crippen LogP contribution < -0.4 is 16.2 Å². The van der Waals surface area contributed by atoms with Crippen molar-refractivity contribution in [3.63, 3.8) is 0 Å². The number of carbonyl (C=O) groups is 3. The van der Waals surface area contributed by atoms with E-state index in [4.69, 9.17) is 0 Å². The molecular weight excluding hydrogens is 326 g/mol. The van der Waals surface area contributed by atoms with Crippen LogP contribution in [0, 0.1) is 0 Å². The van der Waals surface area contributed by atoms with E-state index in [9.17, 15) is 19.2 Å². The molecule has 25 heavy (non-hydrogen) atoms. The summed E-state index contributed by atoms with van der Waals surface area (Å²) >= 11 is 0. The standard InChI is InChI=1S/C16H17N5O4/c1-21(13(22)7-6-11-15(24)20-16(25)18-11)8-12-17-10-5-3-2-4-9(10)14(23)19-12/h2-5,11H,6-8H2,1H3,(H,17,19,23)(H2,18,20,24,25). The highest BCUT2D eigenvalue weighted by Crippen LogP contribution is 2.09. The Morgan fingerprint density at radius 3 is 2.72 bits per heavy atom. The number of H-pyrrole nitrogens is 1. The van der Waals surface area contributed by atoms with Crippen molar-refractivity contribution in [3.05, 3.63) is 40.4 Å². The lowest BCUT2D eigenvalue weighted by Crippen LogP contribution is -2.33. The van der Waals surface area contributed by atoms with E-state index in [0.717, 1.165) is 0 Å². The fraction of sp³-hybridized carbons (Fsp3) is 0.312. The van der Waals surface area contributed by atoms with Gasteiger partial charge in [-0.1, -0.05) is 12.1 Å². The zero-order valence-electron chi connectivity index (χ0n) is 13.5. The molecule has 1 aromatic carbocycles. The lowest BCUT2D eigenvalue weighted by molar-refractivity contribution is -0.130. The molecule has 2 aromatic rings. The van der Waals surface area contributed by atoms with Crippen LogP contribution >= 0.6 is 0 Å². The summed E-state index contributed by atoms with van der Waals surface area (Å²) in [6.07, 6.45) is 0.301. The largest absolute Gasteiger partial charge is 0.338 e. The lowest BCUT2D eigenvalue weighted by Gasteiger charge is -2.17. The maximum atomic E-state index is 12.2. The van der Waals surface area contributed by atoms with Gasteiger partial charge in [-0.05, 0) is 18.6 Å². The van der Waals surface area contributed by atoms with Crippen LogP contribution in [-0.4, -0.2) is 45.8 Å². The van der Waals surface area contributed by atoms with Gasteiger partial charge in [-0.15, -0.1) is 0 Å². The predicted molar refractivity (Wildman–Crippen MR) is 88.5 cm³/mol. The first kappa shape index (κ1) is 16.6. The first-order valence-corrected chi connectivity index (χ1v) is 7.77. The molecule has 9 heteroatoms. The van der Waals surface area contributed by atoms with Gasteiger partial charge in [0.1, 0.15) is 11.9 Å². The number of benzene rings is 1. The molecule has 3 rings (SSSR count). The summed E-state index contributed by atoms with van der Waals surface area (Å²) in [6, 6.07) is 5.72. The van der Waals surface area contributed by atoms with Gasteiger partial charge < -0.3 is 15.2 Å². The normalized spacial score (nSPS) is 16.6. The lowest BCUT2D eigenvalue weighted by atomic mass is 10.1. The van der Waals surface area contributed by atoms with Gasteiger partial charge in [-0.25, -0.2) is 9.78 Å². The molecule has 1 fully saturated rings. The number of rotatable bonds is 5. The van der Waals surface area contributed by atoms with E-state index >= 15 is 0 Å². The number of carbonyl (C=O) groups excluding carboxylic acids is 3. The van der Waals surface area contributed by atoms with Gasteiger partial charge in [-0.3, -0.25) is 19.7 Å². The van der Waals surface area contributed by atoms with Crippen LogP contribution in [0.25, 0.3) is 10.9 Å². The van der Waals surface area contributed by atoms with E-state index in [1.807, 2.05) is 0 Å². The highest BCUT2D eigenvalue weighted by molar-refractivity contribution is 6.04.